The fraction of sp³-hybridized carbons (Fsp3) is 0.174. The zero-order valence-electron chi connectivity index (χ0n) is 15.3. The van der Waals surface area contributed by atoms with Crippen molar-refractivity contribution in [2.24, 2.45) is 0 Å². The van der Waals surface area contributed by atoms with Gasteiger partial charge in [-0.15, -0.1) is 0 Å². The first-order valence-electron chi connectivity index (χ1n) is 9.08. The molecule has 4 heteroatoms. The van der Waals surface area contributed by atoms with E-state index in [1.165, 1.54) is 5.56 Å². The van der Waals surface area contributed by atoms with Crippen LogP contribution in [0.2, 0.25) is 0 Å². The summed E-state index contributed by atoms with van der Waals surface area (Å²) in [5, 5.41) is 0. The van der Waals surface area contributed by atoms with Crippen LogP contribution in [0.25, 0.3) is 11.0 Å². The van der Waals surface area contributed by atoms with Gasteiger partial charge in [0.25, 0.3) is 0 Å². The Morgan fingerprint density at radius 2 is 1.52 bits per heavy atom. The summed E-state index contributed by atoms with van der Waals surface area (Å²) in [7, 11) is 1.66. The highest BCUT2D eigenvalue weighted by Gasteiger charge is 2.11. The smallest absolute Gasteiger partial charge is 0.148 e. The molecule has 3 aromatic carbocycles. The lowest BCUT2D eigenvalue weighted by Crippen LogP contribution is -2.09. The van der Waals surface area contributed by atoms with Crippen LogP contribution in [0.4, 0.5) is 0 Å². The SMILES string of the molecule is COc1ccc(OCc2nc3ccccc3n2CCc2ccccc2)cc1. The average molecular weight is 358 g/mol. The molecule has 0 fully saturated rings. The minimum Gasteiger partial charge on any atom is -0.497 e. The lowest BCUT2D eigenvalue weighted by atomic mass is 10.1. The molecule has 0 atom stereocenters. The van der Waals surface area contributed by atoms with Crippen molar-refractivity contribution in [3.8, 4) is 11.5 Å². The molecule has 0 amide bonds. The molecule has 0 spiro atoms. The summed E-state index contributed by atoms with van der Waals surface area (Å²) in [6, 6.07) is 26.4. The van der Waals surface area contributed by atoms with Crippen molar-refractivity contribution in [2.45, 2.75) is 19.6 Å². The van der Waals surface area contributed by atoms with Crippen molar-refractivity contribution >= 4 is 11.0 Å². The van der Waals surface area contributed by atoms with E-state index in [9.17, 15) is 0 Å². The highest BCUT2D eigenvalue weighted by Crippen LogP contribution is 2.21. The second kappa shape index (κ2) is 7.96. The molecule has 27 heavy (non-hydrogen) atoms. The van der Waals surface area contributed by atoms with E-state index in [0.29, 0.717) is 6.61 Å². The number of rotatable bonds is 7. The Kier molecular flexibility index (Phi) is 5.06. The van der Waals surface area contributed by atoms with E-state index in [-0.39, 0.29) is 0 Å². The van der Waals surface area contributed by atoms with Gasteiger partial charge in [0.05, 0.1) is 18.1 Å². The molecule has 0 bridgehead atoms. The van der Waals surface area contributed by atoms with Crippen molar-refractivity contribution < 1.29 is 9.47 Å². The quantitative estimate of drug-likeness (QED) is 0.473. The molecular formula is C23H22N2O2. The third-order valence-electron chi connectivity index (χ3n) is 4.63. The molecular weight excluding hydrogens is 336 g/mol. The van der Waals surface area contributed by atoms with Gasteiger partial charge in [0.1, 0.15) is 23.9 Å². The molecule has 0 aliphatic carbocycles. The van der Waals surface area contributed by atoms with Gasteiger partial charge in [-0.25, -0.2) is 4.98 Å². The molecule has 136 valence electrons. The maximum atomic E-state index is 5.97. The number of benzene rings is 3. The molecule has 0 aliphatic heterocycles. The Labute approximate surface area is 159 Å². The number of fused-ring (bicyclic) bond motifs is 1. The minimum absolute atomic E-state index is 0.426. The molecule has 4 nitrogen and oxygen atoms in total. The lowest BCUT2D eigenvalue weighted by Gasteiger charge is -2.11. The van der Waals surface area contributed by atoms with E-state index in [0.717, 1.165) is 41.3 Å². The van der Waals surface area contributed by atoms with Gasteiger partial charge in [0.2, 0.25) is 0 Å². The Hall–Kier alpha value is -3.27. The van der Waals surface area contributed by atoms with Crippen LogP contribution < -0.4 is 9.47 Å². The third kappa shape index (κ3) is 3.95. The van der Waals surface area contributed by atoms with Crippen molar-refractivity contribution in [3.63, 3.8) is 0 Å². The van der Waals surface area contributed by atoms with Crippen molar-refractivity contribution in [1.29, 1.82) is 0 Å². The highest BCUT2D eigenvalue weighted by atomic mass is 16.5. The second-order valence-corrected chi connectivity index (χ2v) is 6.37. The van der Waals surface area contributed by atoms with Gasteiger partial charge < -0.3 is 14.0 Å². The van der Waals surface area contributed by atoms with Crippen LogP contribution in [0.1, 0.15) is 11.4 Å². The van der Waals surface area contributed by atoms with Crippen molar-refractivity contribution in [1.82, 2.24) is 9.55 Å². The van der Waals surface area contributed by atoms with Crippen molar-refractivity contribution in [2.75, 3.05) is 7.11 Å². The molecule has 0 radical (unpaired) electrons. The van der Waals surface area contributed by atoms with Gasteiger partial charge in [-0.05, 0) is 48.4 Å². The van der Waals surface area contributed by atoms with Crippen LogP contribution in [0, 0.1) is 0 Å². The summed E-state index contributed by atoms with van der Waals surface area (Å²) in [6.45, 7) is 1.29. The number of imidazole rings is 1. The molecule has 1 heterocycles. The molecule has 4 aromatic rings. The minimum atomic E-state index is 0.426. The van der Waals surface area contributed by atoms with Crippen LogP contribution in [0.15, 0.2) is 78.9 Å². The van der Waals surface area contributed by atoms with Gasteiger partial charge in [-0.2, -0.15) is 0 Å². The first-order valence-corrected chi connectivity index (χ1v) is 9.08. The number of aromatic nitrogens is 2. The van der Waals surface area contributed by atoms with Gasteiger partial charge >= 0.3 is 0 Å². The van der Waals surface area contributed by atoms with Crippen molar-refractivity contribution in [3.05, 3.63) is 90.3 Å². The molecule has 0 saturated carbocycles. The fourth-order valence-corrected chi connectivity index (χ4v) is 3.19. The zero-order valence-corrected chi connectivity index (χ0v) is 15.3. The number of nitrogens with zero attached hydrogens (tertiary/aromatic N) is 2. The van der Waals surface area contributed by atoms with Gasteiger partial charge in [-0.3, -0.25) is 0 Å². The summed E-state index contributed by atoms with van der Waals surface area (Å²) in [5.74, 6) is 2.55. The van der Waals surface area contributed by atoms with Crippen LogP contribution in [-0.4, -0.2) is 16.7 Å². The monoisotopic (exact) mass is 358 g/mol. The maximum Gasteiger partial charge on any atom is 0.148 e. The van der Waals surface area contributed by atoms with Crippen LogP contribution >= 0.6 is 0 Å². The Morgan fingerprint density at radius 3 is 2.30 bits per heavy atom. The summed E-state index contributed by atoms with van der Waals surface area (Å²) in [6.07, 6.45) is 0.955. The van der Waals surface area contributed by atoms with Gasteiger partial charge in [0.15, 0.2) is 0 Å². The molecule has 4 rings (SSSR count). The van der Waals surface area contributed by atoms with E-state index < -0.39 is 0 Å². The number of aryl methyl sites for hydroxylation is 2. The first kappa shape index (κ1) is 17.2. The molecule has 0 aliphatic rings. The summed E-state index contributed by atoms with van der Waals surface area (Å²) in [5.41, 5.74) is 3.46. The average Bonchev–Trinajstić information content (AvgIpc) is 3.09. The summed E-state index contributed by atoms with van der Waals surface area (Å²) >= 11 is 0. The maximum absolute atomic E-state index is 5.97. The zero-order chi connectivity index (χ0) is 18.5. The van der Waals surface area contributed by atoms with E-state index in [2.05, 4.69) is 41.0 Å². The predicted octanol–water partition coefficient (Wildman–Crippen LogP) is 4.87. The van der Waals surface area contributed by atoms with Gasteiger partial charge in [0, 0.05) is 6.54 Å². The van der Waals surface area contributed by atoms with Crippen LogP contribution in [0.3, 0.4) is 0 Å². The van der Waals surface area contributed by atoms with E-state index in [1.54, 1.807) is 7.11 Å². The Balaban J connectivity index is 1.55. The predicted molar refractivity (Wildman–Crippen MR) is 107 cm³/mol. The van der Waals surface area contributed by atoms with E-state index >= 15 is 0 Å². The lowest BCUT2D eigenvalue weighted by molar-refractivity contribution is 0.289. The van der Waals surface area contributed by atoms with Crippen LogP contribution in [-0.2, 0) is 19.6 Å². The molecule has 0 unspecified atom stereocenters. The van der Waals surface area contributed by atoms with E-state index in [1.807, 2.05) is 42.5 Å². The number of ether oxygens (including phenoxy) is 2. The topological polar surface area (TPSA) is 36.3 Å². The summed E-state index contributed by atoms with van der Waals surface area (Å²) < 4.78 is 13.4. The number of hydrogen-bond acceptors (Lipinski definition) is 3. The highest BCUT2D eigenvalue weighted by molar-refractivity contribution is 5.75. The largest absolute Gasteiger partial charge is 0.497 e. The first-order chi connectivity index (χ1) is 13.3. The van der Waals surface area contributed by atoms with Crippen LogP contribution in [0.5, 0.6) is 11.5 Å². The number of methoxy groups -OCH3 is 1. The fourth-order valence-electron chi connectivity index (χ4n) is 3.19. The number of hydrogen-bond donors (Lipinski definition) is 0. The van der Waals surface area contributed by atoms with E-state index in [4.69, 9.17) is 14.5 Å². The molecule has 0 N–H and O–H groups in total. The van der Waals surface area contributed by atoms with Gasteiger partial charge in [-0.1, -0.05) is 42.5 Å². The number of para-hydroxylation sites is 2. The second-order valence-electron chi connectivity index (χ2n) is 6.37. The standard InChI is InChI=1S/C23H22N2O2/c1-26-19-11-13-20(14-12-19)27-17-23-24-21-9-5-6-10-22(21)25(23)16-15-18-7-3-2-4-8-18/h2-14H,15-17H2,1H3. The Bertz CT molecular complexity index is 1010. The normalized spacial score (nSPS) is 10.9. The Morgan fingerprint density at radius 1 is 0.815 bits per heavy atom. The summed E-state index contributed by atoms with van der Waals surface area (Å²) in [4.78, 5) is 4.79. The molecule has 0 saturated heterocycles. The third-order valence-corrected chi connectivity index (χ3v) is 4.63. The molecule has 1 aromatic heterocycles.